The predicted octanol–water partition coefficient (Wildman–Crippen LogP) is 2.64. The highest BCUT2D eigenvalue weighted by atomic mass is 16.4. The second-order valence-corrected chi connectivity index (χ2v) is 5.83. The summed E-state index contributed by atoms with van der Waals surface area (Å²) < 4.78 is 5.63. The maximum Gasteiger partial charge on any atom is 0.276 e. The van der Waals surface area contributed by atoms with E-state index in [0.29, 0.717) is 18.2 Å². The van der Waals surface area contributed by atoms with Crippen LogP contribution in [0.15, 0.2) is 34.7 Å². The minimum Gasteiger partial charge on any atom is -0.441 e. The van der Waals surface area contributed by atoms with Gasteiger partial charge in [-0.05, 0) is 39.8 Å². The molecule has 0 spiro atoms. The van der Waals surface area contributed by atoms with Crippen LogP contribution in [0.4, 0.5) is 0 Å². The van der Waals surface area contributed by atoms with Gasteiger partial charge in [0.25, 0.3) is 5.91 Å². The van der Waals surface area contributed by atoms with Gasteiger partial charge in [0, 0.05) is 18.2 Å². The minimum atomic E-state index is -0.306. The van der Waals surface area contributed by atoms with Gasteiger partial charge < -0.3 is 14.6 Å². The highest BCUT2D eigenvalue weighted by molar-refractivity contribution is 5.96. The molecule has 0 radical (unpaired) electrons. The molecule has 1 heterocycles. The maximum atomic E-state index is 12.7. The molecule has 0 aliphatic carbocycles. The zero-order valence-corrected chi connectivity index (χ0v) is 14.5. The Hall–Kier alpha value is -2.63. The van der Waals surface area contributed by atoms with Crippen LogP contribution in [0, 0.1) is 6.92 Å². The number of benzene rings is 1. The Morgan fingerprint density at radius 1 is 1.25 bits per heavy atom. The Morgan fingerprint density at radius 3 is 2.50 bits per heavy atom. The zero-order valence-electron chi connectivity index (χ0n) is 14.5. The number of hydrogen-bond donors (Lipinski definition) is 1. The molecule has 6 nitrogen and oxygen atoms in total. The van der Waals surface area contributed by atoms with E-state index in [1.165, 1.54) is 4.90 Å². The van der Waals surface area contributed by atoms with Crippen LogP contribution in [0.1, 0.15) is 37.0 Å². The average Bonchev–Trinajstić information content (AvgIpc) is 2.94. The third-order valence-corrected chi connectivity index (χ3v) is 3.47. The van der Waals surface area contributed by atoms with Crippen LogP contribution in [0.25, 0.3) is 11.5 Å². The zero-order chi connectivity index (χ0) is 17.7. The Bertz CT molecular complexity index is 708. The van der Waals surface area contributed by atoms with Crippen molar-refractivity contribution in [3.05, 3.63) is 41.8 Å². The van der Waals surface area contributed by atoms with Crippen molar-refractivity contribution in [2.75, 3.05) is 13.1 Å². The van der Waals surface area contributed by atoms with Gasteiger partial charge in [-0.15, -0.1) is 0 Å². The fourth-order valence-corrected chi connectivity index (χ4v) is 2.32. The molecule has 0 atom stereocenters. The van der Waals surface area contributed by atoms with E-state index in [9.17, 15) is 9.59 Å². The second kappa shape index (κ2) is 7.77. The third kappa shape index (κ3) is 4.22. The number of nitrogens with one attached hydrogen (secondary N) is 1. The molecule has 0 fully saturated rings. The number of aryl methyl sites for hydroxylation is 1. The normalized spacial score (nSPS) is 10.7. The Kier molecular flexibility index (Phi) is 5.73. The van der Waals surface area contributed by atoms with Crippen molar-refractivity contribution in [1.82, 2.24) is 15.2 Å². The highest BCUT2D eigenvalue weighted by Gasteiger charge is 2.24. The lowest BCUT2D eigenvalue weighted by molar-refractivity contribution is -0.122. The van der Waals surface area contributed by atoms with Crippen LogP contribution in [0.2, 0.25) is 0 Å². The molecule has 0 saturated heterocycles. The molecule has 6 heteroatoms. The number of oxazole rings is 1. The van der Waals surface area contributed by atoms with Crippen LogP contribution in [0.3, 0.4) is 0 Å². The van der Waals surface area contributed by atoms with E-state index in [4.69, 9.17) is 4.42 Å². The number of hydrogen-bond acceptors (Lipinski definition) is 4. The molecule has 2 amide bonds. The fourth-order valence-electron chi connectivity index (χ4n) is 2.32. The number of likely N-dealkylation sites (N-methyl/N-ethyl adjacent to an activating group) is 1. The van der Waals surface area contributed by atoms with Crippen molar-refractivity contribution in [3.63, 3.8) is 0 Å². The van der Waals surface area contributed by atoms with Crippen LogP contribution < -0.4 is 5.32 Å². The van der Waals surface area contributed by atoms with Crippen LogP contribution in [-0.2, 0) is 4.79 Å². The summed E-state index contributed by atoms with van der Waals surface area (Å²) in [6.45, 7) is 7.70. The first-order chi connectivity index (χ1) is 11.4. The van der Waals surface area contributed by atoms with Gasteiger partial charge >= 0.3 is 0 Å². The molecule has 1 N–H and O–H groups in total. The van der Waals surface area contributed by atoms with Crippen molar-refractivity contribution >= 4 is 11.8 Å². The molecule has 1 aromatic heterocycles. The Morgan fingerprint density at radius 2 is 1.92 bits per heavy atom. The van der Waals surface area contributed by atoms with Gasteiger partial charge in [0.05, 0.1) is 6.54 Å². The van der Waals surface area contributed by atoms with Gasteiger partial charge in [-0.2, -0.15) is 0 Å². The summed E-state index contributed by atoms with van der Waals surface area (Å²) in [6, 6.07) is 9.43. The molecule has 128 valence electrons. The quantitative estimate of drug-likeness (QED) is 0.884. The van der Waals surface area contributed by atoms with E-state index in [2.05, 4.69) is 10.3 Å². The molecule has 2 aromatic rings. The summed E-state index contributed by atoms with van der Waals surface area (Å²) in [5.41, 5.74) is 1.05. The molecule has 0 unspecified atom stereocenters. The molecule has 24 heavy (non-hydrogen) atoms. The number of carbonyl (C=O) groups excluding carboxylic acids is 2. The molecule has 0 bridgehead atoms. The summed E-state index contributed by atoms with van der Waals surface area (Å²) in [5, 5.41) is 2.78. The third-order valence-electron chi connectivity index (χ3n) is 3.47. The van der Waals surface area contributed by atoms with Crippen molar-refractivity contribution < 1.29 is 14.0 Å². The van der Waals surface area contributed by atoms with Crippen molar-refractivity contribution in [2.45, 2.75) is 33.7 Å². The number of amides is 2. The minimum absolute atomic E-state index is 0.000480. The first-order valence-corrected chi connectivity index (χ1v) is 8.03. The summed E-state index contributed by atoms with van der Waals surface area (Å²) in [4.78, 5) is 30.4. The lowest BCUT2D eigenvalue weighted by atomic mass is 10.2. The smallest absolute Gasteiger partial charge is 0.276 e. The van der Waals surface area contributed by atoms with Crippen LogP contribution >= 0.6 is 0 Å². The van der Waals surface area contributed by atoms with Gasteiger partial charge in [-0.25, -0.2) is 4.98 Å². The Labute approximate surface area is 141 Å². The van der Waals surface area contributed by atoms with E-state index in [-0.39, 0.29) is 30.1 Å². The topological polar surface area (TPSA) is 75.4 Å². The summed E-state index contributed by atoms with van der Waals surface area (Å²) in [6.07, 6.45) is 0. The largest absolute Gasteiger partial charge is 0.441 e. The van der Waals surface area contributed by atoms with E-state index >= 15 is 0 Å². The lowest BCUT2D eigenvalue weighted by Crippen LogP contribution is -2.42. The van der Waals surface area contributed by atoms with Crippen molar-refractivity contribution in [3.8, 4) is 11.5 Å². The average molecular weight is 329 g/mol. The molecule has 0 saturated carbocycles. The molecule has 2 rings (SSSR count). The maximum absolute atomic E-state index is 12.7. The summed E-state index contributed by atoms with van der Waals surface area (Å²) in [5.74, 6) is 0.352. The first kappa shape index (κ1) is 17.7. The monoisotopic (exact) mass is 329 g/mol. The van der Waals surface area contributed by atoms with E-state index in [1.807, 2.05) is 51.1 Å². The van der Waals surface area contributed by atoms with Gasteiger partial charge in [-0.1, -0.05) is 18.2 Å². The fraction of sp³-hybridized carbons (Fsp3) is 0.389. The molecular formula is C18H23N3O3. The number of nitrogens with zero attached hydrogens (tertiary/aromatic N) is 2. The van der Waals surface area contributed by atoms with Gasteiger partial charge in [0.2, 0.25) is 11.8 Å². The van der Waals surface area contributed by atoms with E-state index in [1.54, 1.807) is 6.92 Å². The van der Waals surface area contributed by atoms with E-state index in [0.717, 1.165) is 5.56 Å². The predicted molar refractivity (Wildman–Crippen MR) is 91.5 cm³/mol. The highest BCUT2D eigenvalue weighted by Crippen LogP contribution is 2.22. The van der Waals surface area contributed by atoms with Crippen molar-refractivity contribution in [2.24, 2.45) is 0 Å². The molecule has 1 aromatic carbocycles. The second-order valence-electron chi connectivity index (χ2n) is 5.83. The lowest BCUT2D eigenvalue weighted by Gasteiger charge is -2.20. The van der Waals surface area contributed by atoms with Crippen LogP contribution in [0.5, 0.6) is 0 Å². The van der Waals surface area contributed by atoms with Gasteiger partial charge in [-0.3, -0.25) is 9.59 Å². The molecule has 0 aliphatic heterocycles. The first-order valence-electron chi connectivity index (χ1n) is 8.03. The van der Waals surface area contributed by atoms with Crippen molar-refractivity contribution in [1.29, 1.82) is 0 Å². The SMILES string of the molecule is CCN(CC(=O)NC(C)C)C(=O)c1nc(-c2ccccc2)oc1C. The number of carbonyl (C=O) groups is 2. The standard InChI is InChI=1S/C18H23N3O3/c1-5-21(11-15(22)19-12(2)3)18(23)16-13(4)24-17(20-16)14-9-7-6-8-10-14/h6-10,12H,5,11H2,1-4H3,(H,19,22). The van der Waals surface area contributed by atoms with Gasteiger partial charge in [0.1, 0.15) is 5.76 Å². The van der Waals surface area contributed by atoms with E-state index < -0.39 is 0 Å². The van der Waals surface area contributed by atoms with Crippen LogP contribution in [-0.4, -0.2) is 40.8 Å². The molecule has 0 aliphatic rings. The Balaban J connectivity index is 2.19. The van der Waals surface area contributed by atoms with Gasteiger partial charge in [0.15, 0.2) is 5.69 Å². The number of rotatable bonds is 6. The summed E-state index contributed by atoms with van der Waals surface area (Å²) >= 11 is 0. The number of aromatic nitrogens is 1. The molecular weight excluding hydrogens is 306 g/mol. The summed E-state index contributed by atoms with van der Waals surface area (Å²) in [7, 11) is 0.